The van der Waals surface area contributed by atoms with Gasteiger partial charge in [-0.1, -0.05) is 69.8 Å². The second-order valence-corrected chi connectivity index (χ2v) is 8.39. The van der Waals surface area contributed by atoms with Crippen molar-refractivity contribution in [1.29, 1.82) is 0 Å². The molecule has 0 aliphatic heterocycles. The van der Waals surface area contributed by atoms with Crippen molar-refractivity contribution < 1.29 is 0 Å². The van der Waals surface area contributed by atoms with Gasteiger partial charge in [-0.2, -0.15) is 0 Å². The maximum atomic E-state index is 3.83. The van der Waals surface area contributed by atoms with Crippen molar-refractivity contribution in [3.8, 4) is 0 Å². The van der Waals surface area contributed by atoms with Crippen molar-refractivity contribution in [3.63, 3.8) is 0 Å². The lowest BCUT2D eigenvalue weighted by molar-refractivity contribution is 0.951. The highest BCUT2D eigenvalue weighted by molar-refractivity contribution is 6.75. The first-order chi connectivity index (χ1) is 7.06. The first-order valence-corrected chi connectivity index (χ1v) is 7.31. The zero-order chi connectivity index (χ0) is 11.4. The fraction of sp³-hybridized carbons (Fsp3) is 0.429. The molecule has 0 unspecified atom stereocenters. The summed E-state index contributed by atoms with van der Waals surface area (Å²) in [7, 11) is -0.436. The smallest absolute Gasteiger partial charge is 0.0910 e. The van der Waals surface area contributed by atoms with E-state index >= 15 is 0 Å². The van der Waals surface area contributed by atoms with E-state index in [-0.39, 0.29) is 0 Å². The minimum Gasteiger partial charge on any atom is -0.0985 e. The zero-order valence-electron chi connectivity index (χ0n) is 10.2. The molecule has 1 rings (SSSR count). The van der Waals surface area contributed by atoms with Crippen molar-refractivity contribution in [1.82, 2.24) is 0 Å². The molecule has 1 aromatic rings. The summed E-state index contributed by atoms with van der Waals surface area (Å²) in [5.74, 6) is 0. The van der Waals surface area contributed by atoms with E-state index in [1.54, 1.807) is 5.19 Å². The van der Waals surface area contributed by atoms with E-state index < -0.39 is 8.80 Å². The highest BCUT2D eigenvalue weighted by atomic mass is 28.3. The third-order valence-corrected chi connectivity index (χ3v) is 6.17. The van der Waals surface area contributed by atoms with Crippen LogP contribution in [0.5, 0.6) is 0 Å². The van der Waals surface area contributed by atoms with Crippen LogP contribution in [0.2, 0.25) is 11.1 Å². The van der Waals surface area contributed by atoms with E-state index in [0.29, 0.717) is 0 Å². The van der Waals surface area contributed by atoms with Crippen LogP contribution in [-0.4, -0.2) is 8.80 Å². The molecule has 0 aromatic heterocycles. The lowest BCUT2D eigenvalue weighted by Crippen LogP contribution is -2.35. The maximum Gasteiger partial charge on any atom is 0.0910 e. The van der Waals surface area contributed by atoms with Gasteiger partial charge < -0.3 is 0 Å². The van der Waals surface area contributed by atoms with Crippen LogP contribution in [0.15, 0.2) is 30.8 Å². The summed E-state index contributed by atoms with van der Waals surface area (Å²) in [4.78, 5) is 0. The molecule has 0 saturated carbocycles. The standard InChI is InChI=1S/C14H21Si/c1-6-13-8-7-9-14(10-13)15(11(2)3)12(4)5/h6-12H,1H2,2-5H3. The average molecular weight is 217 g/mol. The molecule has 0 atom stereocenters. The average Bonchev–Trinajstić information content (AvgIpc) is 2.17. The molecule has 1 aromatic carbocycles. The third kappa shape index (κ3) is 3.06. The Bertz CT molecular complexity index is 318. The monoisotopic (exact) mass is 217 g/mol. The molecule has 0 N–H and O–H groups in total. The molecule has 81 valence electrons. The molecule has 0 aliphatic carbocycles. The van der Waals surface area contributed by atoms with Crippen LogP contribution in [0.25, 0.3) is 6.08 Å². The summed E-state index contributed by atoms with van der Waals surface area (Å²) in [6.07, 6.45) is 1.93. The number of hydrogen-bond acceptors (Lipinski definition) is 0. The van der Waals surface area contributed by atoms with E-state index in [2.05, 4.69) is 58.5 Å². The lowest BCUT2D eigenvalue weighted by Gasteiger charge is -2.23. The predicted molar refractivity (Wildman–Crippen MR) is 72.1 cm³/mol. The van der Waals surface area contributed by atoms with Gasteiger partial charge in [-0.05, 0) is 16.6 Å². The molecular formula is C14H21Si. The Morgan fingerprint density at radius 1 is 1.13 bits per heavy atom. The number of rotatable bonds is 4. The van der Waals surface area contributed by atoms with Crippen molar-refractivity contribution in [3.05, 3.63) is 36.4 Å². The molecule has 0 heterocycles. The lowest BCUT2D eigenvalue weighted by atomic mass is 10.2. The number of hydrogen-bond donors (Lipinski definition) is 0. The van der Waals surface area contributed by atoms with Crippen LogP contribution >= 0.6 is 0 Å². The molecule has 15 heavy (non-hydrogen) atoms. The van der Waals surface area contributed by atoms with Gasteiger partial charge in [0.15, 0.2) is 0 Å². The Labute approximate surface area is 95.6 Å². The molecule has 1 radical (unpaired) electrons. The van der Waals surface area contributed by atoms with Gasteiger partial charge >= 0.3 is 0 Å². The van der Waals surface area contributed by atoms with Gasteiger partial charge in [-0.3, -0.25) is 0 Å². The zero-order valence-corrected chi connectivity index (χ0v) is 11.2. The quantitative estimate of drug-likeness (QED) is 0.672. The molecule has 0 bridgehead atoms. The van der Waals surface area contributed by atoms with Gasteiger partial charge in [0.25, 0.3) is 0 Å². The minimum absolute atomic E-state index is 0.436. The fourth-order valence-electron chi connectivity index (χ4n) is 2.18. The molecule has 0 amide bonds. The summed E-state index contributed by atoms with van der Waals surface area (Å²) in [6, 6.07) is 8.86. The highest BCUT2D eigenvalue weighted by Crippen LogP contribution is 2.20. The summed E-state index contributed by atoms with van der Waals surface area (Å²) in [5, 5.41) is 1.54. The number of benzene rings is 1. The van der Waals surface area contributed by atoms with Crippen LogP contribution in [0, 0.1) is 0 Å². The van der Waals surface area contributed by atoms with Crippen LogP contribution in [-0.2, 0) is 0 Å². The van der Waals surface area contributed by atoms with Crippen molar-refractivity contribution in [2.24, 2.45) is 0 Å². The van der Waals surface area contributed by atoms with Gasteiger partial charge in [0.1, 0.15) is 0 Å². The van der Waals surface area contributed by atoms with E-state index in [1.807, 2.05) is 6.08 Å². The predicted octanol–water partition coefficient (Wildman–Crippen LogP) is 3.85. The SMILES string of the molecule is C=Cc1cccc([Si](C(C)C)C(C)C)c1. The van der Waals surface area contributed by atoms with Crippen LogP contribution in [0.3, 0.4) is 0 Å². The summed E-state index contributed by atoms with van der Waals surface area (Å²) < 4.78 is 0. The largest absolute Gasteiger partial charge is 0.0985 e. The maximum absolute atomic E-state index is 3.83. The Kier molecular flexibility index (Phi) is 4.34. The van der Waals surface area contributed by atoms with Gasteiger partial charge in [0, 0.05) is 0 Å². The normalized spacial score (nSPS) is 11.4. The summed E-state index contributed by atoms with van der Waals surface area (Å²) in [5.41, 5.74) is 2.82. The van der Waals surface area contributed by atoms with Crippen LogP contribution in [0.1, 0.15) is 33.3 Å². The molecule has 0 aliphatic rings. The van der Waals surface area contributed by atoms with E-state index in [9.17, 15) is 0 Å². The topological polar surface area (TPSA) is 0 Å². The molecular weight excluding hydrogens is 196 g/mol. The van der Waals surface area contributed by atoms with E-state index in [4.69, 9.17) is 0 Å². The second-order valence-electron chi connectivity index (χ2n) is 4.59. The highest BCUT2D eigenvalue weighted by Gasteiger charge is 2.21. The third-order valence-electron chi connectivity index (χ3n) is 2.70. The van der Waals surface area contributed by atoms with Gasteiger partial charge in [-0.25, -0.2) is 0 Å². The first-order valence-electron chi connectivity index (χ1n) is 5.66. The fourth-order valence-corrected chi connectivity index (χ4v) is 5.47. The van der Waals surface area contributed by atoms with Crippen molar-refractivity contribution in [2.75, 3.05) is 0 Å². The van der Waals surface area contributed by atoms with Crippen LogP contribution < -0.4 is 5.19 Å². The Balaban J connectivity index is 3.05. The van der Waals surface area contributed by atoms with Crippen molar-refractivity contribution >= 4 is 20.1 Å². The Morgan fingerprint density at radius 2 is 1.73 bits per heavy atom. The van der Waals surface area contributed by atoms with Crippen molar-refractivity contribution in [2.45, 2.75) is 38.8 Å². The first kappa shape index (κ1) is 12.2. The molecule has 0 nitrogen and oxygen atoms in total. The minimum atomic E-state index is -0.436. The molecule has 0 saturated heterocycles. The summed E-state index contributed by atoms with van der Waals surface area (Å²) >= 11 is 0. The molecule has 0 spiro atoms. The van der Waals surface area contributed by atoms with Gasteiger partial charge in [0.2, 0.25) is 0 Å². The Hall–Kier alpha value is -0.823. The second kappa shape index (κ2) is 5.31. The van der Waals surface area contributed by atoms with E-state index in [0.717, 1.165) is 11.1 Å². The van der Waals surface area contributed by atoms with Gasteiger partial charge in [0.05, 0.1) is 8.80 Å². The Morgan fingerprint density at radius 3 is 2.20 bits per heavy atom. The summed E-state index contributed by atoms with van der Waals surface area (Å²) in [6.45, 7) is 13.2. The van der Waals surface area contributed by atoms with Gasteiger partial charge in [-0.15, -0.1) is 0 Å². The molecule has 1 heteroatoms. The molecule has 0 fully saturated rings. The van der Waals surface area contributed by atoms with Crippen LogP contribution in [0.4, 0.5) is 0 Å². The van der Waals surface area contributed by atoms with E-state index in [1.165, 1.54) is 5.56 Å².